The average molecular weight is 227 g/mol. The van der Waals surface area contributed by atoms with Gasteiger partial charge in [-0.15, -0.1) is 0 Å². The molecule has 1 heterocycles. The summed E-state index contributed by atoms with van der Waals surface area (Å²) in [5.41, 5.74) is 6.99. The summed E-state index contributed by atoms with van der Waals surface area (Å²) in [6.07, 6.45) is 4.86. The first-order valence-corrected chi connectivity index (χ1v) is 5.62. The first kappa shape index (κ1) is 13.2. The minimum Gasteiger partial charge on any atom is -0.382 e. The quantitative estimate of drug-likeness (QED) is 0.672. The van der Waals surface area contributed by atoms with Gasteiger partial charge in [0.05, 0.1) is 32.1 Å². The van der Waals surface area contributed by atoms with Crippen molar-refractivity contribution in [2.75, 3.05) is 26.9 Å². The standard InChI is InChI=1S/C11H21N3O2/c1-3-4-14-8-10(7-13-14)11(12)9-16-6-5-15-2/h7-8,11H,3-6,9,12H2,1-2H3. The van der Waals surface area contributed by atoms with Gasteiger partial charge in [-0.1, -0.05) is 6.92 Å². The highest BCUT2D eigenvalue weighted by Gasteiger charge is 2.08. The molecule has 0 amide bonds. The van der Waals surface area contributed by atoms with E-state index in [2.05, 4.69) is 12.0 Å². The van der Waals surface area contributed by atoms with E-state index in [9.17, 15) is 0 Å². The monoisotopic (exact) mass is 227 g/mol. The smallest absolute Gasteiger partial charge is 0.0701 e. The van der Waals surface area contributed by atoms with Crippen LogP contribution in [0.1, 0.15) is 24.9 Å². The molecule has 0 saturated carbocycles. The Balaban J connectivity index is 2.31. The normalized spacial score (nSPS) is 12.9. The van der Waals surface area contributed by atoms with E-state index >= 15 is 0 Å². The number of hydrogen-bond acceptors (Lipinski definition) is 4. The Morgan fingerprint density at radius 3 is 3.00 bits per heavy atom. The molecular formula is C11H21N3O2. The Kier molecular flexibility index (Phi) is 6.07. The minimum atomic E-state index is -0.109. The molecular weight excluding hydrogens is 206 g/mol. The Labute approximate surface area is 96.5 Å². The Bertz CT molecular complexity index is 289. The summed E-state index contributed by atoms with van der Waals surface area (Å²) in [6.45, 7) is 4.72. The fourth-order valence-electron chi connectivity index (χ4n) is 1.37. The van der Waals surface area contributed by atoms with Crippen LogP contribution < -0.4 is 5.73 Å². The van der Waals surface area contributed by atoms with E-state index in [4.69, 9.17) is 15.2 Å². The zero-order valence-electron chi connectivity index (χ0n) is 10.1. The highest BCUT2D eigenvalue weighted by Crippen LogP contribution is 2.09. The molecule has 1 atom stereocenters. The van der Waals surface area contributed by atoms with Crippen LogP contribution in [0.2, 0.25) is 0 Å². The van der Waals surface area contributed by atoms with Gasteiger partial charge in [-0.3, -0.25) is 4.68 Å². The Morgan fingerprint density at radius 2 is 2.31 bits per heavy atom. The van der Waals surface area contributed by atoms with Crippen molar-refractivity contribution in [2.24, 2.45) is 5.73 Å². The molecule has 0 aliphatic rings. The van der Waals surface area contributed by atoms with Gasteiger partial charge in [0, 0.05) is 25.4 Å². The molecule has 0 aliphatic heterocycles. The maximum absolute atomic E-state index is 5.97. The lowest BCUT2D eigenvalue weighted by Gasteiger charge is -2.09. The molecule has 0 aromatic carbocycles. The molecule has 1 unspecified atom stereocenters. The second kappa shape index (κ2) is 7.38. The first-order chi connectivity index (χ1) is 7.77. The van der Waals surface area contributed by atoms with Crippen molar-refractivity contribution < 1.29 is 9.47 Å². The summed E-state index contributed by atoms with van der Waals surface area (Å²) in [5, 5.41) is 4.23. The molecule has 0 fully saturated rings. The van der Waals surface area contributed by atoms with Crippen LogP contribution in [0, 0.1) is 0 Å². The third-order valence-electron chi connectivity index (χ3n) is 2.26. The summed E-state index contributed by atoms with van der Waals surface area (Å²) in [7, 11) is 1.65. The van der Waals surface area contributed by atoms with Crippen LogP contribution in [-0.2, 0) is 16.0 Å². The van der Waals surface area contributed by atoms with E-state index in [-0.39, 0.29) is 6.04 Å². The Morgan fingerprint density at radius 1 is 1.50 bits per heavy atom. The predicted octanol–water partition coefficient (Wildman–Crippen LogP) is 0.956. The van der Waals surface area contributed by atoms with Crippen LogP contribution in [0.3, 0.4) is 0 Å². The third-order valence-corrected chi connectivity index (χ3v) is 2.26. The third kappa shape index (κ3) is 4.30. The van der Waals surface area contributed by atoms with Crippen molar-refractivity contribution in [2.45, 2.75) is 25.9 Å². The minimum absolute atomic E-state index is 0.109. The number of aromatic nitrogens is 2. The second-order valence-corrected chi connectivity index (χ2v) is 3.71. The number of methoxy groups -OCH3 is 1. The van der Waals surface area contributed by atoms with Gasteiger partial charge >= 0.3 is 0 Å². The van der Waals surface area contributed by atoms with Gasteiger partial charge < -0.3 is 15.2 Å². The molecule has 0 aliphatic carbocycles. The molecule has 1 aromatic rings. The number of nitrogens with zero attached hydrogens (tertiary/aromatic N) is 2. The van der Waals surface area contributed by atoms with Gasteiger partial charge in [0.25, 0.3) is 0 Å². The second-order valence-electron chi connectivity index (χ2n) is 3.71. The van der Waals surface area contributed by atoms with E-state index in [0.29, 0.717) is 19.8 Å². The summed E-state index contributed by atoms with van der Waals surface area (Å²) in [5.74, 6) is 0. The van der Waals surface area contributed by atoms with Crippen LogP contribution in [0.25, 0.3) is 0 Å². The lowest BCUT2D eigenvalue weighted by Crippen LogP contribution is -2.18. The van der Waals surface area contributed by atoms with Crippen LogP contribution in [0.5, 0.6) is 0 Å². The number of nitrogens with two attached hydrogens (primary N) is 1. The molecule has 92 valence electrons. The molecule has 1 aromatic heterocycles. The zero-order chi connectivity index (χ0) is 11.8. The number of rotatable bonds is 8. The van der Waals surface area contributed by atoms with Crippen molar-refractivity contribution in [3.63, 3.8) is 0 Å². The summed E-state index contributed by atoms with van der Waals surface area (Å²) < 4.78 is 12.2. The molecule has 0 saturated heterocycles. The fraction of sp³-hybridized carbons (Fsp3) is 0.727. The molecule has 16 heavy (non-hydrogen) atoms. The van der Waals surface area contributed by atoms with E-state index in [0.717, 1.165) is 18.5 Å². The molecule has 5 heteroatoms. The zero-order valence-corrected chi connectivity index (χ0v) is 10.1. The van der Waals surface area contributed by atoms with Gasteiger partial charge in [0.2, 0.25) is 0 Å². The summed E-state index contributed by atoms with van der Waals surface area (Å²) in [4.78, 5) is 0. The summed E-state index contributed by atoms with van der Waals surface area (Å²) in [6, 6.07) is -0.109. The molecule has 0 radical (unpaired) electrons. The van der Waals surface area contributed by atoms with Crippen molar-refractivity contribution in [1.29, 1.82) is 0 Å². The SMILES string of the molecule is CCCn1cc(C(N)COCCOC)cn1. The van der Waals surface area contributed by atoms with Crippen molar-refractivity contribution in [3.05, 3.63) is 18.0 Å². The molecule has 5 nitrogen and oxygen atoms in total. The lowest BCUT2D eigenvalue weighted by atomic mass is 10.2. The highest BCUT2D eigenvalue weighted by molar-refractivity contribution is 5.09. The average Bonchev–Trinajstić information content (AvgIpc) is 2.73. The number of hydrogen-bond donors (Lipinski definition) is 1. The largest absolute Gasteiger partial charge is 0.382 e. The van der Waals surface area contributed by atoms with E-state index in [1.165, 1.54) is 0 Å². The van der Waals surface area contributed by atoms with E-state index < -0.39 is 0 Å². The van der Waals surface area contributed by atoms with E-state index in [1.54, 1.807) is 13.3 Å². The van der Waals surface area contributed by atoms with Crippen LogP contribution in [0.4, 0.5) is 0 Å². The number of ether oxygens (including phenoxy) is 2. The van der Waals surface area contributed by atoms with Crippen molar-refractivity contribution in [1.82, 2.24) is 9.78 Å². The van der Waals surface area contributed by atoms with Gasteiger partial charge in [-0.2, -0.15) is 5.10 Å². The molecule has 0 spiro atoms. The van der Waals surface area contributed by atoms with Crippen molar-refractivity contribution >= 4 is 0 Å². The predicted molar refractivity (Wildman–Crippen MR) is 62.1 cm³/mol. The highest BCUT2D eigenvalue weighted by atomic mass is 16.5. The van der Waals surface area contributed by atoms with Crippen LogP contribution >= 0.6 is 0 Å². The van der Waals surface area contributed by atoms with Crippen LogP contribution in [-0.4, -0.2) is 36.7 Å². The maximum Gasteiger partial charge on any atom is 0.0701 e. The topological polar surface area (TPSA) is 62.3 Å². The summed E-state index contributed by atoms with van der Waals surface area (Å²) >= 11 is 0. The lowest BCUT2D eigenvalue weighted by molar-refractivity contribution is 0.0636. The Hall–Kier alpha value is -0.910. The van der Waals surface area contributed by atoms with Crippen molar-refractivity contribution in [3.8, 4) is 0 Å². The van der Waals surface area contributed by atoms with E-state index in [1.807, 2.05) is 10.9 Å². The van der Waals surface area contributed by atoms with Gasteiger partial charge in [0.1, 0.15) is 0 Å². The van der Waals surface area contributed by atoms with Crippen LogP contribution in [0.15, 0.2) is 12.4 Å². The fourth-order valence-corrected chi connectivity index (χ4v) is 1.37. The maximum atomic E-state index is 5.97. The number of aryl methyl sites for hydroxylation is 1. The van der Waals surface area contributed by atoms with Gasteiger partial charge in [-0.25, -0.2) is 0 Å². The van der Waals surface area contributed by atoms with Gasteiger partial charge in [-0.05, 0) is 6.42 Å². The molecule has 1 rings (SSSR count). The molecule has 2 N–H and O–H groups in total. The first-order valence-electron chi connectivity index (χ1n) is 5.62. The van der Waals surface area contributed by atoms with Gasteiger partial charge in [0.15, 0.2) is 0 Å². The molecule has 0 bridgehead atoms.